The summed E-state index contributed by atoms with van der Waals surface area (Å²) < 4.78 is 10.9. The molecule has 5 heteroatoms. The van der Waals surface area contributed by atoms with E-state index < -0.39 is 6.35 Å². The van der Waals surface area contributed by atoms with Crippen LogP contribution < -0.4 is 15.4 Å². The summed E-state index contributed by atoms with van der Waals surface area (Å²) in [6.07, 6.45) is 1.23. The largest absolute Gasteiger partial charge is 0.495 e. The number of anilines is 1. The van der Waals surface area contributed by atoms with E-state index in [9.17, 15) is 0 Å². The summed E-state index contributed by atoms with van der Waals surface area (Å²) in [4.78, 5) is 1.80. The van der Waals surface area contributed by atoms with E-state index in [1.807, 2.05) is 42.6 Å². The fourth-order valence-electron chi connectivity index (χ4n) is 2.32. The van der Waals surface area contributed by atoms with Gasteiger partial charge in [0.2, 0.25) is 6.35 Å². The first-order valence-electron chi connectivity index (χ1n) is 6.79. The molecule has 1 unspecified atom stereocenters. The van der Waals surface area contributed by atoms with Crippen LogP contribution in [-0.2, 0) is 4.74 Å². The predicted molar refractivity (Wildman–Crippen MR) is 83.7 cm³/mol. The first-order valence-corrected chi connectivity index (χ1v) is 6.79. The average Bonchev–Trinajstić information content (AvgIpc) is 2.97. The van der Waals surface area contributed by atoms with Crippen molar-refractivity contribution >= 4 is 11.4 Å². The Labute approximate surface area is 128 Å². The molecular formula is C17H15N3O2. The standard InChI is InChI=1S/C17H15N3O2/c1-21-15-9-14(8-7-13(15)10-18)20-11-16(22-17(20)19)12-5-3-2-4-6-12/h2-9,11,17H,19H2,1H3. The van der Waals surface area contributed by atoms with Crippen molar-refractivity contribution in [2.75, 3.05) is 12.0 Å². The molecule has 0 bridgehead atoms. The van der Waals surface area contributed by atoms with Gasteiger partial charge in [-0.05, 0) is 12.1 Å². The second-order valence-electron chi connectivity index (χ2n) is 4.77. The third-order valence-electron chi connectivity index (χ3n) is 3.44. The number of nitrogens with zero attached hydrogens (tertiary/aromatic N) is 2. The molecule has 0 aromatic heterocycles. The monoisotopic (exact) mass is 293 g/mol. The molecule has 1 heterocycles. The highest BCUT2D eigenvalue weighted by Crippen LogP contribution is 2.32. The molecule has 2 aromatic rings. The molecule has 5 nitrogen and oxygen atoms in total. The summed E-state index contributed by atoms with van der Waals surface area (Å²) >= 11 is 0. The number of rotatable bonds is 3. The summed E-state index contributed by atoms with van der Waals surface area (Å²) in [5.74, 6) is 1.21. The van der Waals surface area contributed by atoms with Crippen LogP contribution >= 0.6 is 0 Å². The van der Waals surface area contributed by atoms with E-state index in [4.69, 9.17) is 20.5 Å². The van der Waals surface area contributed by atoms with E-state index in [1.165, 1.54) is 7.11 Å². The van der Waals surface area contributed by atoms with Crippen molar-refractivity contribution in [1.82, 2.24) is 0 Å². The number of nitrogens with two attached hydrogens (primary N) is 1. The minimum atomic E-state index is -0.618. The third-order valence-corrected chi connectivity index (χ3v) is 3.44. The zero-order chi connectivity index (χ0) is 15.5. The lowest BCUT2D eigenvalue weighted by Crippen LogP contribution is -2.36. The number of methoxy groups -OCH3 is 1. The fraction of sp³-hybridized carbons (Fsp3) is 0.118. The lowest BCUT2D eigenvalue weighted by atomic mass is 10.2. The average molecular weight is 293 g/mol. The number of nitriles is 1. The molecule has 0 amide bonds. The van der Waals surface area contributed by atoms with Crippen LogP contribution in [0.5, 0.6) is 5.75 Å². The second-order valence-corrected chi connectivity index (χ2v) is 4.77. The predicted octanol–water partition coefficient (Wildman–Crippen LogP) is 2.64. The Hall–Kier alpha value is -2.97. The van der Waals surface area contributed by atoms with Crippen LogP contribution in [0.4, 0.5) is 5.69 Å². The van der Waals surface area contributed by atoms with Crippen molar-refractivity contribution in [3.63, 3.8) is 0 Å². The summed E-state index contributed by atoms with van der Waals surface area (Å²) in [5.41, 5.74) is 8.29. The van der Waals surface area contributed by atoms with Gasteiger partial charge in [-0.25, -0.2) is 0 Å². The maximum atomic E-state index is 9.04. The smallest absolute Gasteiger partial charge is 0.231 e. The van der Waals surface area contributed by atoms with Gasteiger partial charge in [0.25, 0.3) is 0 Å². The zero-order valence-corrected chi connectivity index (χ0v) is 12.1. The molecule has 1 aliphatic heterocycles. The lowest BCUT2D eigenvalue weighted by molar-refractivity contribution is 0.199. The summed E-state index contributed by atoms with van der Waals surface area (Å²) in [6, 6.07) is 17.1. The van der Waals surface area contributed by atoms with Gasteiger partial charge in [0.1, 0.15) is 17.6 Å². The molecule has 0 radical (unpaired) electrons. The topological polar surface area (TPSA) is 71.5 Å². The van der Waals surface area contributed by atoms with Crippen LogP contribution in [0.2, 0.25) is 0 Å². The van der Waals surface area contributed by atoms with Gasteiger partial charge in [-0.1, -0.05) is 30.3 Å². The third kappa shape index (κ3) is 2.48. The van der Waals surface area contributed by atoms with Crippen LogP contribution in [0, 0.1) is 11.3 Å². The van der Waals surface area contributed by atoms with E-state index in [0.717, 1.165) is 11.3 Å². The van der Waals surface area contributed by atoms with E-state index in [1.54, 1.807) is 17.0 Å². The molecule has 2 aromatic carbocycles. The molecule has 0 fully saturated rings. The van der Waals surface area contributed by atoms with Gasteiger partial charge in [-0.3, -0.25) is 10.6 Å². The summed E-state index contributed by atoms with van der Waals surface area (Å²) in [6.45, 7) is 0. The maximum absolute atomic E-state index is 9.04. The Bertz CT molecular complexity index is 750. The molecular weight excluding hydrogens is 278 g/mol. The van der Waals surface area contributed by atoms with Gasteiger partial charge in [0, 0.05) is 17.3 Å². The minimum absolute atomic E-state index is 0.479. The summed E-state index contributed by atoms with van der Waals surface area (Å²) in [7, 11) is 1.53. The quantitative estimate of drug-likeness (QED) is 0.942. The minimum Gasteiger partial charge on any atom is -0.495 e. The molecule has 0 saturated carbocycles. The Morgan fingerprint density at radius 2 is 2.00 bits per heavy atom. The molecule has 0 saturated heterocycles. The van der Waals surface area contributed by atoms with Crippen molar-refractivity contribution in [3.8, 4) is 11.8 Å². The van der Waals surface area contributed by atoms with Crippen molar-refractivity contribution in [3.05, 3.63) is 65.9 Å². The first kappa shape index (κ1) is 14.0. The lowest BCUT2D eigenvalue weighted by Gasteiger charge is -2.21. The molecule has 1 atom stereocenters. The fourth-order valence-corrected chi connectivity index (χ4v) is 2.32. The zero-order valence-electron chi connectivity index (χ0n) is 12.1. The van der Waals surface area contributed by atoms with Crippen LogP contribution in [0.3, 0.4) is 0 Å². The normalized spacial score (nSPS) is 16.7. The number of ether oxygens (including phenoxy) is 2. The second kappa shape index (κ2) is 5.80. The van der Waals surface area contributed by atoms with Crippen molar-refractivity contribution in [2.24, 2.45) is 5.73 Å². The highest BCUT2D eigenvalue weighted by Gasteiger charge is 2.25. The molecule has 3 rings (SSSR count). The van der Waals surface area contributed by atoms with Crippen LogP contribution in [0.15, 0.2) is 54.7 Å². The molecule has 1 aliphatic rings. The Balaban J connectivity index is 1.95. The molecule has 0 spiro atoms. The van der Waals surface area contributed by atoms with Gasteiger partial charge in [-0.15, -0.1) is 0 Å². The van der Waals surface area contributed by atoms with Crippen molar-refractivity contribution in [1.29, 1.82) is 5.26 Å². The highest BCUT2D eigenvalue weighted by atomic mass is 16.5. The Morgan fingerprint density at radius 1 is 1.23 bits per heavy atom. The Morgan fingerprint density at radius 3 is 2.68 bits per heavy atom. The van der Waals surface area contributed by atoms with Crippen molar-refractivity contribution in [2.45, 2.75) is 6.35 Å². The van der Waals surface area contributed by atoms with Gasteiger partial charge in [0.05, 0.1) is 18.9 Å². The molecule has 22 heavy (non-hydrogen) atoms. The molecule has 0 aliphatic carbocycles. The van der Waals surface area contributed by atoms with E-state index in [-0.39, 0.29) is 0 Å². The van der Waals surface area contributed by atoms with E-state index >= 15 is 0 Å². The van der Waals surface area contributed by atoms with E-state index in [0.29, 0.717) is 17.1 Å². The highest BCUT2D eigenvalue weighted by molar-refractivity contribution is 5.69. The maximum Gasteiger partial charge on any atom is 0.231 e. The summed E-state index contributed by atoms with van der Waals surface area (Å²) in [5, 5.41) is 9.04. The number of hydrogen-bond acceptors (Lipinski definition) is 5. The van der Waals surface area contributed by atoms with Crippen LogP contribution in [-0.4, -0.2) is 13.5 Å². The molecule has 110 valence electrons. The van der Waals surface area contributed by atoms with Crippen molar-refractivity contribution < 1.29 is 9.47 Å². The van der Waals surface area contributed by atoms with Crippen LogP contribution in [0.1, 0.15) is 11.1 Å². The van der Waals surface area contributed by atoms with Crippen LogP contribution in [0.25, 0.3) is 5.76 Å². The SMILES string of the molecule is COc1cc(N2C=C(c3ccccc3)OC2N)ccc1C#N. The van der Waals surface area contributed by atoms with Gasteiger partial charge in [-0.2, -0.15) is 5.26 Å². The number of benzene rings is 2. The van der Waals surface area contributed by atoms with Gasteiger partial charge >= 0.3 is 0 Å². The van der Waals surface area contributed by atoms with Gasteiger partial charge in [0.15, 0.2) is 0 Å². The first-order chi connectivity index (χ1) is 10.7. The van der Waals surface area contributed by atoms with E-state index in [2.05, 4.69) is 6.07 Å². The Kier molecular flexibility index (Phi) is 3.69. The number of hydrogen-bond donors (Lipinski definition) is 1. The van der Waals surface area contributed by atoms with Gasteiger partial charge < -0.3 is 9.47 Å². The molecule has 2 N–H and O–H groups in total.